The van der Waals surface area contributed by atoms with Gasteiger partial charge in [-0.2, -0.15) is 0 Å². The number of aromatic nitrogens is 1. The quantitative estimate of drug-likeness (QED) is 0.476. The topological polar surface area (TPSA) is 29.3 Å². The molecule has 0 saturated heterocycles. The maximum atomic E-state index is 5.36. The zero-order chi connectivity index (χ0) is 16.2. The van der Waals surface area contributed by atoms with Crippen molar-refractivity contribution in [2.45, 2.75) is 0 Å². The molecule has 0 spiro atoms. The number of hydrogen-bond acceptors (Lipinski definition) is 3. The Bertz CT molecular complexity index is 846. The predicted octanol–water partition coefficient (Wildman–Crippen LogP) is 5.81. The first-order valence-electron chi connectivity index (χ1n) is 7.82. The van der Waals surface area contributed by atoms with Crippen molar-refractivity contribution in [3.05, 3.63) is 97.4 Å². The monoisotopic (exact) mass is 312 g/mol. The molecule has 24 heavy (non-hydrogen) atoms. The number of benzene rings is 3. The first-order chi connectivity index (χ1) is 11.9. The second kappa shape index (κ2) is 6.42. The van der Waals surface area contributed by atoms with Crippen LogP contribution in [0.15, 0.2) is 102 Å². The van der Waals surface area contributed by atoms with Gasteiger partial charge in [0.25, 0.3) is 0 Å². The van der Waals surface area contributed by atoms with Gasteiger partial charge in [0.15, 0.2) is 0 Å². The lowest BCUT2D eigenvalue weighted by atomic mass is 10.1. The fourth-order valence-electron chi connectivity index (χ4n) is 2.72. The molecule has 4 rings (SSSR count). The molecule has 1 aromatic heterocycles. The normalized spacial score (nSPS) is 10.5. The molecule has 0 aliphatic heterocycles. The van der Waals surface area contributed by atoms with E-state index >= 15 is 0 Å². The number of nitrogens with zero attached hydrogens (tertiary/aromatic N) is 2. The van der Waals surface area contributed by atoms with Crippen molar-refractivity contribution in [2.75, 3.05) is 4.90 Å². The van der Waals surface area contributed by atoms with E-state index in [1.54, 1.807) is 12.5 Å². The molecule has 0 unspecified atom stereocenters. The third-order valence-electron chi connectivity index (χ3n) is 3.83. The average molecular weight is 312 g/mol. The van der Waals surface area contributed by atoms with Gasteiger partial charge in [-0.25, -0.2) is 4.98 Å². The van der Waals surface area contributed by atoms with Gasteiger partial charge in [0.2, 0.25) is 5.89 Å². The minimum Gasteiger partial charge on any atom is -0.445 e. The first-order valence-corrected chi connectivity index (χ1v) is 7.82. The molecule has 3 aromatic carbocycles. The standard InChI is InChI=1S/C21H16N2O/c1-3-7-18(8-4-1)23(19-9-5-2-6-10-19)20-13-11-17(12-14-20)21-22-15-16-24-21/h1-16H. The van der Waals surface area contributed by atoms with E-state index in [4.69, 9.17) is 4.42 Å². The predicted molar refractivity (Wildman–Crippen MR) is 96.6 cm³/mol. The van der Waals surface area contributed by atoms with Crippen molar-refractivity contribution in [2.24, 2.45) is 0 Å². The molecule has 0 amide bonds. The van der Waals surface area contributed by atoms with Crippen LogP contribution in [0.1, 0.15) is 0 Å². The van der Waals surface area contributed by atoms with Crippen LogP contribution >= 0.6 is 0 Å². The van der Waals surface area contributed by atoms with Gasteiger partial charge in [-0.1, -0.05) is 36.4 Å². The van der Waals surface area contributed by atoms with Crippen LogP contribution in [0.2, 0.25) is 0 Å². The Morgan fingerprint density at radius 2 is 1.17 bits per heavy atom. The Morgan fingerprint density at radius 3 is 1.67 bits per heavy atom. The van der Waals surface area contributed by atoms with Crippen LogP contribution in [0.3, 0.4) is 0 Å². The van der Waals surface area contributed by atoms with Gasteiger partial charge in [-0.05, 0) is 48.5 Å². The Kier molecular flexibility index (Phi) is 3.82. The molecule has 0 atom stereocenters. The number of para-hydroxylation sites is 2. The molecule has 0 fully saturated rings. The van der Waals surface area contributed by atoms with Crippen LogP contribution < -0.4 is 4.90 Å². The summed E-state index contributed by atoms with van der Waals surface area (Å²) in [6.07, 6.45) is 3.24. The van der Waals surface area contributed by atoms with E-state index < -0.39 is 0 Å². The number of oxazole rings is 1. The van der Waals surface area contributed by atoms with Crippen LogP contribution in [0.25, 0.3) is 11.5 Å². The van der Waals surface area contributed by atoms with Crippen molar-refractivity contribution in [3.63, 3.8) is 0 Å². The molecular weight excluding hydrogens is 296 g/mol. The Balaban J connectivity index is 1.77. The van der Waals surface area contributed by atoms with E-state index in [-0.39, 0.29) is 0 Å². The van der Waals surface area contributed by atoms with Crippen LogP contribution in [0.5, 0.6) is 0 Å². The maximum Gasteiger partial charge on any atom is 0.225 e. The minimum atomic E-state index is 0.632. The maximum absolute atomic E-state index is 5.36. The zero-order valence-corrected chi connectivity index (χ0v) is 13.0. The van der Waals surface area contributed by atoms with Crippen LogP contribution in [-0.2, 0) is 0 Å². The summed E-state index contributed by atoms with van der Waals surface area (Å²) in [5, 5.41) is 0. The van der Waals surface area contributed by atoms with Gasteiger partial charge < -0.3 is 9.32 Å². The second-order valence-corrected chi connectivity index (χ2v) is 5.39. The fourth-order valence-corrected chi connectivity index (χ4v) is 2.72. The fraction of sp³-hybridized carbons (Fsp3) is 0. The molecular formula is C21H16N2O. The summed E-state index contributed by atoms with van der Waals surface area (Å²) in [7, 11) is 0. The molecule has 4 aromatic rings. The summed E-state index contributed by atoms with van der Waals surface area (Å²) >= 11 is 0. The van der Waals surface area contributed by atoms with Gasteiger partial charge in [0, 0.05) is 22.6 Å². The minimum absolute atomic E-state index is 0.632. The molecule has 0 aliphatic carbocycles. The highest BCUT2D eigenvalue weighted by Gasteiger charge is 2.12. The summed E-state index contributed by atoms with van der Waals surface area (Å²) in [5.74, 6) is 0.632. The van der Waals surface area contributed by atoms with Crippen LogP contribution in [0.4, 0.5) is 17.1 Å². The summed E-state index contributed by atoms with van der Waals surface area (Å²) in [6.45, 7) is 0. The smallest absolute Gasteiger partial charge is 0.225 e. The van der Waals surface area contributed by atoms with Crippen molar-refractivity contribution >= 4 is 17.1 Å². The van der Waals surface area contributed by atoms with Gasteiger partial charge in [-0.3, -0.25) is 0 Å². The lowest BCUT2D eigenvalue weighted by Crippen LogP contribution is -2.09. The molecule has 0 N–H and O–H groups in total. The molecule has 0 aliphatic rings. The number of hydrogen-bond donors (Lipinski definition) is 0. The molecule has 116 valence electrons. The van der Waals surface area contributed by atoms with Crippen molar-refractivity contribution in [3.8, 4) is 11.5 Å². The summed E-state index contributed by atoms with van der Waals surface area (Å²) in [5.41, 5.74) is 4.28. The largest absolute Gasteiger partial charge is 0.445 e. The third-order valence-corrected chi connectivity index (χ3v) is 3.83. The molecule has 3 heteroatoms. The molecule has 3 nitrogen and oxygen atoms in total. The van der Waals surface area contributed by atoms with Crippen molar-refractivity contribution in [1.29, 1.82) is 0 Å². The van der Waals surface area contributed by atoms with Crippen LogP contribution in [-0.4, -0.2) is 4.98 Å². The van der Waals surface area contributed by atoms with E-state index in [0.717, 1.165) is 22.6 Å². The molecule has 0 saturated carbocycles. The highest BCUT2D eigenvalue weighted by atomic mass is 16.3. The number of anilines is 3. The van der Waals surface area contributed by atoms with Crippen molar-refractivity contribution < 1.29 is 4.42 Å². The molecule has 1 heterocycles. The van der Waals surface area contributed by atoms with Gasteiger partial charge in [0.1, 0.15) is 6.26 Å². The van der Waals surface area contributed by atoms with E-state index in [9.17, 15) is 0 Å². The molecule has 0 bridgehead atoms. The van der Waals surface area contributed by atoms with Crippen molar-refractivity contribution in [1.82, 2.24) is 4.98 Å². The van der Waals surface area contributed by atoms with E-state index in [2.05, 4.69) is 46.3 Å². The van der Waals surface area contributed by atoms with E-state index in [1.165, 1.54) is 0 Å². The first kappa shape index (κ1) is 14.3. The Hall–Kier alpha value is -3.33. The highest BCUT2D eigenvalue weighted by Crippen LogP contribution is 2.34. The SMILES string of the molecule is c1ccc(N(c2ccccc2)c2ccc(-c3ncco3)cc2)cc1. The van der Waals surface area contributed by atoms with Gasteiger partial charge in [0.05, 0.1) is 6.20 Å². The lowest BCUT2D eigenvalue weighted by Gasteiger charge is -2.25. The Morgan fingerprint density at radius 1 is 0.625 bits per heavy atom. The Labute approximate surface area is 140 Å². The zero-order valence-electron chi connectivity index (χ0n) is 13.0. The molecule has 0 radical (unpaired) electrons. The highest BCUT2D eigenvalue weighted by molar-refractivity contribution is 5.77. The van der Waals surface area contributed by atoms with Gasteiger partial charge >= 0.3 is 0 Å². The second-order valence-electron chi connectivity index (χ2n) is 5.39. The number of rotatable bonds is 4. The van der Waals surface area contributed by atoms with E-state index in [1.807, 2.05) is 48.5 Å². The van der Waals surface area contributed by atoms with Crippen LogP contribution in [0, 0.1) is 0 Å². The summed E-state index contributed by atoms with van der Waals surface area (Å²) in [4.78, 5) is 6.42. The van der Waals surface area contributed by atoms with Gasteiger partial charge in [-0.15, -0.1) is 0 Å². The summed E-state index contributed by atoms with van der Waals surface area (Å²) < 4.78 is 5.36. The summed E-state index contributed by atoms with van der Waals surface area (Å²) in [6, 6.07) is 28.9. The third kappa shape index (κ3) is 2.79. The average Bonchev–Trinajstić information content (AvgIpc) is 3.19. The lowest BCUT2D eigenvalue weighted by molar-refractivity contribution is 0.574. The van der Waals surface area contributed by atoms with E-state index in [0.29, 0.717) is 5.89 Å².